The Morgan fingerprint density at radius 3 is 2.83 bits per heavy atom. The van der Waals surface area contributed by atoms with Gasteiger partial charge in [-0.1, -0.05) is 18.2 Å². The Morgan fingerprint density at radius 1 is 1.44 bits per heavy atom. The number of hydrogen-bond donors (Lipinski definition) is 1. The number of benzene rings is 1. The van der Waals surface area contributed by atoms with Crippen LogP contribution in [-0.2, 0) is 11.3 Å². The maximum atomic E-state index is 11.1. The molecule has 0 radical (unpaired) electrons. The molecule has 1 aliphatic heterocycles. The Labute approximate surface area is 107 Å². The molecular weight excluding hydrogens is 230 g/mol. The predicted molar refractivity (Wildman–Crippen MR) is 68.7 cm³/mol. The van der Waals surface area contributed by atoms with Crippen LogP contribution in [0, 0.1) is 0 Å². The van der Waals surface area contributed by atoms with Gasteiger partial charge in [-0.25, -0.2) is 4.79 Å². The molecule has 1 aliphatic rings. The van der Waals surface area contributed by atoms with Crippen molar-refractivity contribution in [1.82, 2.24) is 4.90 Å². The van der Waals surface area contributed by atoms with Gasteiger partial charge in [-0.15, -0.1) is 0 Å². The Balaban J connectivity index is 2.12. The normalized spacial score (nSPS) is 19.7. The highest BCUT2D eigenvalue weighted by molar-refractivity contribution is 5.89. The van der Waals surface area contributed by atoms with E-state index in [1.807, 2.05) is 12.1 Å². The van der Waals surface area contributed by atoms with Crippen molar-refractivity contribution in [2.75, 3.05) is 19.7 Å². The first-order chi connectivity index (χ1) is 8.48. The highest BCUT2D eigenvalue weighted by Crippen LogP contribution is 2.19. The van der Waals surface area contributed by atoms with Crippen LogP contribution in [-0.4, -0.2) is 41.3 Å². The van der Waals surface area contributed by atoms with E-state index in [4.69, 9.17) is 9.84 Å². The van der Waals surface area contributed by atoms with Crippen LogP contribution in [0.3, 0.4) is 0 Å². The Kier molecular flexibility index (Phi) is 3.68. The van der Waals surface area contributed by atoms with Crippen LogP contribution in [0.15, 0.2) is 24.3 Å². The zero-order valence-corrected chi connectivity index (χ0v) is 10.8. The van der Waals surface area contributed by atoms with Gasteiger partial charge < -0.3 is 9.84 Å². The predicted octanol–water partition coefficient (Wildman–Crippen LogP) is 2.00. The van der Waals surface area contributed by atoms with Crippen LogP contribution in [0.2, 0.25) is 0 Å². The minimum Gasteiger partial charge on any atom is -0.478 e. The molecule has 1 aromatic rings. The van der Waals surface area contributed by atoms with Crippen molar-refractivity contribution in [3.8, 4) is 0 Å². The van der Waals surface area contributed by atoms with E-state index in [0.29, 0.717) is 18.7 Å². The molecule has 1 fully saturated rings. The van der Waals surface area contributed by atoms with Crippen molar-refractivity contribution >= 4 is 5.97 Å². The summed E-state index contributed by atoms with van der Waals surface area (Å²) in [6.07, 6.45) is 0. The van der Waals surface area contributed by atoms with Gasteiger partial charge in [0.2, 0.25) is 0 Å². The second-order valence-electron chi connectivity index (χ2n) is 5.28. The van der Waals surface area contributed by atoms with E-state index in [2.05, 4.69) is 18.7 Å². The molecule has 0 amide bonds. The number of carboxylic acids is 1. The number of carboxylic acid groups (broad SMARTS) is 1. The summed E-state index contributed by atoms with van der Waals surface area (Å²) in [5, 5.41) is 9.15. The standard InChI is InChI=1S/C14H19NO3/c1-14(2)10-15(7-8-18-14)9-11-5-3-4-6-12(11)13(16)17/h3-6H,7-10H2,1-2H3,(H,16,17). The number of nitrogens with zero attached hydrogens (tertiary/aromatic N) is 1. The highest BCUT2D eigenvalue weighted by Gasteiger charge is 2.27. The lowest BCUT2D eigenvalue weighted by Crippen LogP contribution is -2.47. The summed E-state index contributed by atoms with van der Waals surface area (Å²) in [6.45, 7) is 7.14. The number of hydrogen-bond acceptors (Lipinski definition) is 3. The van der Waals surface area contributed by atoms with Crippen LogP contribution < -0.4 is 0 Å². The topological polar surface area (TPSA) is 49.8 Å². The van der Waals surface area contributed by atoms with Gasteiger partial charge in [0.15, 0.2) is 0 Å². The molecule has 1 saturated heterocycles. The molecule has 0 spiro atoms. The molecule has 0 unspecified atom stereocenters. The van der Waals surface area contributed by atoms with E-state index in [0.717, 1.165) is 18.7 Å². The van der Waals surface area contributed by atoms with E-state index in [1.54, 1.807) is 12.1 Å². The van der Waals surface area contributed by atoms with Crippen molar-refractivity contribution < 1.29 is 14.6 Å². The van der Waals surface area contributed by atoms with Crippen molar-refractivity contribution in [2.45, 2.75) is 26.0 Å². The Hall–Kier alpha value is -1.39. The van der Waals surface area contributed by atoms with Crippen molar-refractivity contribution in [2.24, 2.45) is 0 Å². The molecule has 0 aliphatic carbocycles. The van der Waals surface area contributed by atoms with Gasteiger partial charge in [0.25, 0.3) is 0 Å². The first-order valence-corrected chi connectivity index (χ1v) is 6.15. The summed E-state index contributed by atoms with van der Waals surface area (Å²) in [5.41, 5.74) is 1.10. The number of ether oxygens (including phenoxy) is 1. The van der Waals surface area contributed by atoms with Gasteiger partial charge in [0.1, 0.15) is 0 Å². The second kappa shape index (κ2) is 5.08. The summed E-state index contributed by atoms with van der Waals surface area (Å²) in [7, 11) is 0. The molecule has 1 N–H and O–H groups in total. The fraction of sp³-hybridized carbons (Fsp3) is 0.500. The van der Waals surface area contributed by atoms with Gasteiger partial charge in [0, 0.05) is 19.6 Å². The lowest BCUT2D eigenvalue weighted by Gasteiger charge is -2.38. The van der Waals surface area contributed by atoms with Gasteiger partial charge in [-0.3, -0.25) is 4.90 Å². The fourth-order valence-corrected chi connectivity index (χ4v) is 2.36. The van der Waals surface area contributed by atoms with Crippen molar-refractivity contribution in [3.05, 3.63) is 35.4 Å². The third kappa shape index (κ3) is 3.09. The third-order valence-electron chi connectivity index (χ3n) is 3.15. The molecular formula is C14H19NO3. The fourth-order valence-electron chi connectivity index (χ4n) is 2.36. The van der Waals surface area contributed by atoms with Gasteiger partial charge in [-0.2, -0.15) is 0 Å². The molecule has 1 heterocycles. The molecule has 4 heteroatoms. The monoisotopic (exact) mass is 249 g/mol. The van der Waals surface area contributed by atoms with Crippen LogP contribution >= 0.6 is 0 Å². The average Bonchev–Trinajstić information content (AvgIpc) is 2.28. The first-order valence-electron chi connectivity index (χ1n) is 6.15. The minimum absolute atomic E-state index is 0.156. The van der Waals surface area contributed by atoms with Crippen LogP contribution in [0.4, 0.5) is 0 Å². The van der Waals surface area contributed by atoms with Crippen LogP contribution in [0.5, 0.6) is 0 Å². The molecule has 0 aromatic heterocycles. The first kappa shape index (κ1) is 13.1. The maximum Gasteiger partial charge on any atom is 0.336 e. The number of rotatable bonds is 3. The van der Waals surface area contributed by atoms with Crippen LogP contribution in [0.25, 0.3) is 0 Å². The Morgan fingerprint density at radius 2 is 2.17 bits per heavy atom. The molecule has 2 rings (SSSR count). The zero-order chi connectivity index (χ0) is 13.2. The summed E-state index contributed by atoms with van der Waals surface area (Å²) >= 11 is 0. The van der Waals surface area contributed by atoms with Gasteiger partial charge in [0.05, 0.1) is 17.8 Å². The number of carbonyl (C=O) groups is 1. The SMILES string of the molecule is CC1(C)CN(Cc2ccccc2C(=O)O)CCO1. The van der Waals surface area contributed by atoms with E-state index in [-0.39, 0.29) is 5.60 Å². The summed E-state index contributed by atoms with van der Waals surface area (Å²) in [5.74, 6) is -0.863. The third-order valence-corrected chi connectivity index (χ3v) is 3.15. The molecule has 0 bridgehead atoms. The largest absolute Gasteiger partial charge is 0.478 e. The van der Waals surface area contributed by atoms with E-state index in [9.17, 15) is 4.79 Å². The van der Waals surface area contributed by atoms with Crippen LogP contribution in [0.1, 0.15) is 29.8 Å². The highest BCUT2D eigenvalue weighted by atomic mass is 16.5. The molecule has 0 atom stereocenters. The number of aromatic carboxylic acids is 1. The van der Waals surface area contributed by atoms with Gasteiger partial charge in [-0.05, 0) is 25.5 Å². The lowest BCUT2D eigenvalue weighted by molar-refractivity contribution is -0.0883. The quantitative estimate of drug-likeness (QED) is 0.890. The minimum atomic E-state index is -0.863. The average molecular weight is 249 g/mol. The summed E-state index contributed by atoms with van der Waals surface area (Å²) in [6, 6.07) is 7.18. The zero-order valence-electron chi connectivity index (χ0n) is 10.8. The summed E-state index contributed by atoms with van der Waals surface area (Å²) < 4.78 is 5.65. The maximum absolute atomic E-state index is 11.1. The Bertz CT molecular complexity index is 442. The molecule has 4 nitrogen and oxygen atoms in total. The molecule has 98 valence electrons. The molecule has 18 heavy (non-hydrogen) atoms. The second-order valence-corrected chi connectivity index (χ2v) is 5.28. The van der Waals surface area contributed by atoms with Crippen molar-refractivity contribution in [3.63, 3.8) is 0 Å². The van der Waals surface area contributed by atoms with Crippen molar-refractivity contribution in [1.29, 1.82) is 0 Å². The molecule has 1 aromatic carbocycles. The van der Waals surface area contributed by atoms with Gasteiger partial charge >= 0.3 is 5.97 Å². The lowest BCUT2D eigenvalue weighted by atomic mass is 10.0. The number of morpholine rings is 1. The van der Waals surface area contributed by atoms with E-state index >= 15 is 0 Å². The summed E-state index contributed by atoms with van der Waals surface area (Å²) in [4.78, 5) is 13.4. The molecule has 0 saturated carbocycles. The van der Waals surface area contributed by atoms with E-state index in [1.165, 1.54) is 0 Å². The smallest absolute Gasteiger partial charge is 0.336 e. The van der Waals surface area contributed by atoms with E-state index < -0.39 is 5.97 Å².